The number of fused-ring (bicyclic) bond motifs is 14. The van der Waals surface area contributed by atoms with Gasteiger partial charge in [0.2, 0.25) is 0 Å². The molecule has 0 N–H and O–H groups in total. The molecule has 9 nitrogen and oxygen atoms in total. The van der Waals surface area contributed by atoms with Crippen molar-refractivity contribution in [1.82, 2.24) is 0 Å². The van der Waals surface area contributed by atoms with Crippen molar-refractivity contribution in [1.29, 1.82) is 0 Å². The van der Waals surface area contributed by atoms with Crippen molar-refractivity contribution in [2.75, 3.05) is 14.2 Å². The molecule has 6 saturated carbocycles. The SMILES string of the molecule is COC(=O)C12CCC(C)(C)CC1C1C(=O)C=C3C4(C)C=C(C(=O)C5=CC6(C)C7=CC(=O)C8C9CC(C)(C)CCC9(C(=O)OC)CCC8(C)C7(C)CCC6C(C)(C)C5=O)C(=O)C(C)C4CCC3(C)C1(C)CC2. The molecule has 15 unspecified atom stereocenters. The third-order valence-corrected chi connectivity index (χ3v) is 24.8. The van der Waals surface area contributed by atoms with Gasteiger partial charge in [-0.05, 0) is 158 Å². The summed E-state index contributed by atoms with van der Waals surface area (Å²) in [7, 11) is 2.94. The summed E-state index contributed by atoms with van der Waals surface area (Å²) in [6.07, 6.45) is 17.8. The van der Waals surface area contributed by atoms with Crippen LogP contribution in [-0.4, -0.2) is 55.1 Å². The maximum absolute atomic E-state index is 15.7. The number of methoxy groups -OCH3 is 2. The number of ketones is 5. The van der Waals surface area contributed by atoms with Crippen LogP contribution in [0.1, 0.15) is 180 Å². The molecule has 6 fully saturated rings. The molecular weight excluding hydrogens is 889 g/mol. The van der Waals surface area contributed by atoms with Crippen LogP contribution in [0.2, 0.25) is 0 Å². The van der Waals surface area contributed by atoms with Crippen LogP contribution in [0.3, 0.4) is 0 Å². The Bertz CT molecular complexity index is 2620. The van der Waals surface area contributed by atoms with E-state index in [9.17, 15) is 14.4 Å². The Hall–Kier alpha value is -3.75. The van der Waals surface area contributed by atoms with Gasteiger partial charge in [0.15, 0.2) is 28.9 Å². The van der Waals surface area contributed by atoms with E-state index in [1.54, 1.807) is 0 Å². The third-order valence-electron chi connectivity index (χ3n) is 24.8. The largest absolute Gasteiger partial charge is 0.469 e. The van der Waals surface area contributed by atoms with Crippen LogP contribution in [0, 0.1) is 101 Å². The van der Waals surface area contributed by atoms with Crippen LogP contribution in [0.5, 0.6) is 0 Å². The van der Waals surface area contributed by atoms with Crippen LogP contribution in [0.4, 0.5) is 0 Å². The van der Waals surface area contributed by atoms with Crippen molar-refractivity contribution in [3.05, 3.63) is 46.6 Å². The molecule has 0 aliphatic heterocycles. The number of ether oxygens (including phenoxy) is 2. The summed E-state index contributed by atoms with van der Waals surface area (Å²) in [5, 5.41) is 0. The lowest BCUT2D eigenvalue weighted by molar-refractivity contribution is -0.191. The summed E-state index contributed by atoms with van der Waals surface area (Å²) in [6.45, 7) is 28.2. The molecule has 15 atom stereocenters. The Balaban J connectivity index is 1.07. The first kappa shape index (κ1) is 50.8. The Morgan fingerprint density at radius 1 is 0.521 bits per heavy atom. The monoisotopic (exact) mass is 973 g/mol. The summed E-state index contributed by atoms with van der Waals surface area (Å²) in [4.78, 5) is 104. The van der Waals surface area contributed by atoms with Gasteiger partial charge in [-0.2, -0.15) is 0 Å². The fraction of sp³-hybridized carbons (Fsp3) is 0.758. The van der Waals surface area contributed by atoms with E-state index in [2.05, 4.69) is 69.2 Å². The molecule has 71 heavy (non-hydrogen) atoms. The van der Waals surface area contributed by atoms with Crippen molar-refractivity contribution in [3.63, 3.8) is 0 Å². The highest BCUT2D eigenvalue weighted by molar-refractivity contribution is 6.36. The molecule has 386 valence electrons. The molecule has 0 heterocycles. The Kier molecular flexibility index (Phi) is 10.9. The molecule has 0 amide bonds. The maximum atomic E-state index is 15.7. The number of allylic oxidation sites excluding steroid dienone is 8. The highest BCUT2D eigenvalue weighted by atomic mass is 16.5. The first-order valence-corrected chi connectivity index (χ1v) is 27.6. The zero-order valence-corrected chi connectivity index (χ0v) is 45.9. The normalized spacial score (nSPS) is 47.8. The third kappa shape index (κ3) is 6.19. The molecule has 0 aromatic heterocycles. The number of hydrogen-bond donors (Lipinski definition) is 0. The van der Waals surface area contributed by atoms with Crippen LogP contribution in [-0.2, 0) is 43.0 Å². The zero-order chi connectivity index (χ0) is 52.0. The standard InChI is InChI=1S/C62H84O9/c1-34-37-16-18-57(10)43(28-40(63)45-38-32-52(2,3)20-24-61(38,50(68)70-14)26-22-59(45,57)12)55(37,8)30-35(47(34)65)48(66)36-31-56(9)42(54(6,7)49(36)67)17-19-58(11)44(56)29-41(64)46-39-33-53(4,5)21-25-62(39,51(69)71-15)27-23-60(46,58)13/h28-31,34,37-39,42,45-46H,16-27,32-33H2,1-15H3. The van der Waals surface area contributed by atoms with Gasteiger partial charge >= 0.3 is 11.9 Å². The van der Waals surface area contributed by atoms with E-state index in [1.807, 2.05) is 45.1 Å². The van der Waals surface area contributed by atoms with Gasteiger partial charge in [0.25, 0.3) is 0 Å². The van der Waals surface area contributed by atoms with Gasteiger partial charge in [0.05, 0.1) is 36.2 Å². The molecule has 10 aliphatic rings. The number of Topliss-reactive ketones (excluding diaryl/α,β-unsaturated/α-hetero) is 3. The minimum Gasteiger partial charge on any atom is -0.469 e. The lowest BCUT2D eigenvalue weighted by Crippen LogP contribution is -2.66. The van der Waals surface area contributed by atoms with Gasteiger partial charge in [-0.1, -0.05) is 113 Å². The van der Waals surface area contributed by atoms with Crippen molar-refractivity contribution in [3.8, 4) is 0 Å². The molecule has 0 spiro atoms. The van der Waals surface area contributed by atoms with E-state index < -0.39 is 60.4 Å². The van der Waals surface area contributed by atoms with Crippen LogP contribution in [0.15, 0.2) is 46.6 Å². The summed E-state index contributed by atoms with van der Waals surface area (Å²) in [5.41, 5.74) is -4.18. The van der Waals surface area contributed by atoms with E-state index in [-0.39, 0.29) is 92.6 Å². The zero-order valence-electron chi connectivity index (χ0n) is 45.9. The molecule has 9 heteroatoms. The second-order valence-electron chi connectivity index (χ2n) is 29.1. The number of carbonyl (C=O) groups excluding carboxylic acids is 7. The fourth-order valence-electron chi connectivity index (χ4n) is 20.3. The second-order valence-corrected chi connectivity index (χ2v) is 29.1. The molecule has 0 saturated heterocycles. The minimum atomic E-state index is -0.993. The summed E-state index contributed by atoms with van der Waals surface area (Å²) < 4.78 is 11.1. The fourth-order valence-corrected chi connectivity index (χ4v) is 20.3. The first-order valence-electron chi connectivity index (χ1n) is 27.6. The average Bonchev–Trinajstić information content (AvgIpc) is 3.29. The van der Waals surface area contributed by atoms with Crippen molar-refractivity contribution in [2.45, 2.75) is 180 Å². The Labute approximate surface area is 424 Å². The molecular formula is C62H84O9. The van der Waals surface area contributed by atoms with Crippen molar-refractivity contribution < 1.29 is 43.0 Å². The maximum Gasteiger partial charge on any atom is 0.312 e. The molecule has 10 rings (SSSR count). The van der Waals surface area contributed by atoms with Crippen LogP contribution >= 0.6 is 0 Å². The van der Waals surface area contributed by atoms with Crippen LogP contribution < -0.4 is 0 Å². The molecule has 10 aliphatic carbocycles. The topological polar surface area (TPSA) is 138 Å². The predicted octanol–water partition coefficient (Wildman–Crippen LogP) is 11.9. The lowest BCUT2D eigenvalue weighted by Gasteiger charge is -2.68. The molecule has 0 radical (unpaired) electrons. The van der Waals surface area contributed by atoms with Crippen molar-refractivity contribution >= 4 is 40.9 Å². The number of rotatable bonds is 4. The van der Waals surface area contributed by atoms with E-state index in [1.165, 1.54) is 14.2 Å². The summed E-state index contributed by atoms with van der Waals surface area (Å²) in [6, 6.07) is 0. The number of esters is 2. The van der Waals surface area contributed by atoms with E-state index >= 15 is 19.2 Å². The van der Waals surface area contributed by atoms with Gasteiger partial charge in [0, 0.05) is 34.0 Å². The highest BCUT2D eigenvalue weighted by Gasteiger charge is 2.73. The lowest BCUT2D eigenvalue weighted by atomic mass is 9.34. The van der Waals surface area contributed by atoms with E-state index in [4.69, 9.17) is 9.47 Å². The second kappa shape index (κ2) is 15.2. The number of carbonyl (C=O) groups is 7. The summed E-state index contributed by atoms with van der Waals surface area (Å²) >= 11 is 0. The minimum absolute atomic E-state index is 0.0144. The molecule has 0 aromatic carbocycles. The first-order chi connectivity index (χ1) is 32.8. The van der Waals surface area contributed by atoms with Gasteiger partial charge in [0.1, 0.15) is 0 Å². The Morgan fingerprint density at radius 2 is 0.944 bits per heavy atom. The van der Waals surface area contributed by atoms with Gasteiger partial charge in [-0.3, -0.25) is 33.6 Å². The predicted molar refractivity (Wildman–Crippen MR) is 271 cm³/mol. The van der Waals surface area contributed by atoms with Gasteiger partial charge in [-0.15, -0.1) is 0 Å². The number of hydrogen-bond acceptors (Lipinski definition) is 9. The van der Waals surface area contributed by atoms with E-state index in [0.717, 1.165) is 56.1 Å². The average molecular weight is 973 g/mol. The molecule has 0 aromatic rings. The van der Waals surface area contributed by atoms with Crippen molar-refractivity contribution in [2.24, 2.45) is 101 Å². The Morgan fingerprint density at radius 3 is 1.41 bits per heavy atom. The quantitative estimate of drug-likeness (QED) is 0.199. The van der Waals surface area contributed by atoms with E-state index in [0.29, 0.717) is 44.9 Å². The highest BCUT2D eigenvalue weighted by Crippen LogP contribution is 2.77. The van der Waals surface area contributed by atoms with Gasteiger partial charge in [-0.25, -0.2) is 0 Å². The summed E-state index contributed by atoms with van der Waals surface area (Å²) in [5.74, 6) is -3.45. The van der Waals surface area contributed by atoms with Gasteiger partial charge < -0.3 is 9.47 Å². The smallest absolute Gasteiger partial charge is 0.312 e. The molecule has 0 bridgehead atoms. The van der Waals surface area contributed by atoms with Crippen LogP contribution in [0.25, 0.3) is 0 Å².